The van der Waals surface area contributed by atoms with Crippen molar-refractivity contribution in [1.29, 1.82) is 0 Å². The number of phosphoric acid groups is 1. The van der Waals surface area contributed by atoms with Gasteiger partial charge in [0, 0.05) is 12.8 Å². The molecular weight excluding hydrogens is 790 g/mol. The number of esters is 2. The van der Waals surface area contributed by atoms with Gasteiger partial charge in [-0.25, -0.2) is 0 Å². The predicted octanol–water partition coefficient (Wildman–Crippen LogP) is 11.2. The normalized spacial score (nSPS) is 15.2. The minimum absolute atomic E-state index is 0.0659. The molecule has 0 radical (unpaired) electrons. The standard InChI is InChI=1S/C50H80NO9P/c1-6-7-8-9-10-11-12-13-14-15-16-17-20-24-27-30-33-36-39-42-50(54)60-48(46-59-61(55,56)58-44-43-51(3,4)5)45-57-49(53)41-38-35-32-29-26-23-21-18-19-22-25-28-31-34-37-40-47(2)52/h7-8,10-11,13-14,16-17,19,21-24,27-29,31-33,36,47-48,52H,6,9,12,15,18,20,25-26,30,34-35,37-46H2,1-5H3/b8-7-,11-10-,14-13-,17-16-,22-19-,23-21-,27-24-,31-28-,32-29-,36-33-/t47-,48-/m1/s1. The smallest absolute Gasteiger partial charge is 0.306 e. The van der Waals surface area contributed by atoms with E-state index in [1.165, 1.54) is 0 Å². The van der Waals surface area contributed by atoms with Crippen molar-refractivity contribution >= 4 is 19.8 Å². The summed E-state index contributed by atoms with van der Waals surface area (Å²) in [5.41, 5.74) is 0. The van der Waals surface area contributed by atoms with Gasteiger partial charge in [-0.05, 0) is 103 Å². The second-order valence-corrected chi connectivity index (χ2v) is 17.0. The zero-order valence-corrected chi connectivity index (χ0v) is 39.1. The monoisotopic (exact) mass is 870 g/mol. The van der Waals surface area contributed by atoms with Gasteiger partial charge in [0.1, 0.15) is 19.8 Å². The molecule has 61 heavy (non-hydrogen) atoms. The van der Waals surface area contributed by atoms with E-state index in [0.29, 0.717) is 30.3 Å². The highest BCUT2D eigenvalue weighted by molar-refractivity contribution is 7.45. The van der Waals surface area contributed by atoms with Crippen LogP contribution in [0, 0.1) is 0 Å². The number of hydrogen-bond donors (Lipinski definition) is 1. The maximum absolute atomic E-state index is 12.7. The molecule has 0 aromatic carbocycles. The summed E-state index contributed by atoms with van der Waals surface area (Å²) in [5, 5.41) is 9.28. The highest BCUT2D eigenvalue weighted by Crippen LogP contribution is 2.38. The molecule has 11 heteroatoms. The molecule has 0 aliphatic rings. The topological polar surface area (TPSA) is 131 Å². The molecule has 0 aliphatic heterocycles. The Bertz CT molecular complexity index is 1460. The molecule has 0 amide bonds. The molecule has 1 unspecified atom stereocenters. The fourth-order valence-electron chi connectivity index (χ4n) is 5.04. The molecule has 0 aliphatic carbocycles. The molecule has 344 valence electrons. The first-order valence-electron chi connectivity index (χ1n) is 22.3. The summed E-state index contributed by atoms with van der Waals surface area (Å²) in [6, 6.07) is 0. The van der Waals surface area contributed by atoms with Crippen LogP contribution in [0.25, 0.3) is 0 Å². The summed E-state index contributed by atoms with van der Waals surface area (Å²) >= 11 is 0. The van der Waals surface area contributed by atoms with Gasteiger partial charge in [0.25, 0.3) is 7.82 Å². The van der Waals surface area contributed by atoms with E-state index in [2.05, 4.69) is 110 Å². The largest absolute Gasteiger partial charge is 0.756 e. The van der Waals surface area contributed by atoms with Gasteiger partial charge in [-0.3, -0.25) is 14.2 Å². The van der Waals surface area contributed by atoms with Gasteiger partial charge in [-0.2, -0.15) is 0 Å². The first-order chi connectivity index (χ1) is 29.3. The summed E-state index contributed by atoms with van der Waals surface area (Å²) in [6.45, 7) is 3.46. The van der Waals surface area contributed by atoms with Crippen LogP contribution in [0.1, 0.15) is 123 Å². The highest BCUT2D eigenvalue weighted by atomic mass is 31.2. The fraction of sp³-hybridized carbons (Fsp3) is 0.560. The lowest BCUT2D eigenvalue weighted by Gasteiger charge is -2.28. The van der Waals surface area contributed by atoms with Crippen LogP contribution in [0.5, 0.6) is 0 Å². The highest BCUT2D eigenvalue weighted by Gasteiger charge is 2.21. The van der Waals surface area contributed by atoms with Crippen molar-refractivity contribution in [2.24, 2.45) is 0 Å². The number of quaternary nitrogens is 1. The molecule has 3 atom stereocenters. The van der Waals surface area contributed by atoms with Crippen molar-refractivity contribution in [2.45, 2.75) is 135 Å². The fourth-order valence-corrected chi connectivity index (χ4v) is 5.77. The van der Waals surface area contributed by atoms with E-state index in [-0.39, 0.29) is 32.2 Å². The van der Waals surface area contributed by atoms with Crippen molar-refractivity contribution in [3.63, 3.8) is 0 Å². The lowest BCUT2D eigenvalue weighted by atomic mass is 10.1. The van der Waals surface area contributed by atoms with Crippen LogP contribution in [0.4, 0.5) is 0 Å². The van der Waals surface area contributed by atoms with Crippen LogP contribution in [0.15, 0.2) is 122 Å². The van der Waals surface area contributed by atoms with Crippen molar-refractivity contribution in [1.82, 2.24) is 0 Å². The lowest BCUT2D eigenvalue weighted by Crippen LogP contribution is -2.37. The Balaban J connectivity index is 4.60. The number of ether oxygens (including phenoxy) is 2. The van der Waals surface area contributed by atoms with Gasteiger partial charge in [0.05, 0.1) is 33.9 Å². The average Bonchev–Trinajstić information content (AvgIpc) is 3.20. The second kappa shape index (κ2) is 40.4. The summed E-state index contributed by atoms with van der Waals surface area (Å²) < 4.78 is 33.7. The van der Waals surface area contributed by atoms with Gasteiger partial charge in [0.15, 0.2) is 6.10 Å². The van der Waals surface area contributed by atoms with E-state index < -0.39 is 32.5 Å². The van der Waals surface area contributed by atoms with E-state index in [9.17, 15) is 24.2 Å². The van der Waals surface area contributed by atoms with Gasteiger partial charge in [-0.1, -0.05) is 128 Å². The number of rotatable bonds is 38. The molecule has 0 aromatic rings. The van der Waals surface area contributed by atoms with Crippen LogP contribution in [-0.2, 0) is 32.7 Å². The number of aliphatic hydroxyl groups is 1. The zero-order chi connectivity index (χ0) is 45.1. The van der Waals surface area contributed by atoms with Crippen LogP contribution >= 0.6 is 7.82 Å². The van der Waals surface area contributed by atoms with E-state index in [1.807, 2.05) is 46.3 Å². The van der Waals surface area contributed by atoms with Crippen molar-refractivity contribution in [3.05, 3.63) is 122 Å². The van der Waals surface area contributed by atoms with Crippen LogP contribution < -0.4 is 4.89 Å². The number of nitrogens with zero attached hydrogens (tertiary/aromatic N) is 1. The molecule has 0 saturated heterocycles. The van der Waals surface area contributed by atoms with Gasteiger partial charge in [-0.15, -0.1) is 0 Å². The molecule has 10 nitrogen and oxygen atoms in total. The second-order valence-electron chi connectivity index (χ2n) is 15.6. The summed E-state index contributed by atoms with van der Waals surface area (Å²) in [7, 11) is 1.05. The summed E-state index contributed by atoms with van der Waals surface area (Å²) in [4.78, 5) is 37.5. The maximum atomic E-state index is 12.7. The Morgan fingerprint density at radius 2 is 1.02 bits per heavy atom. The SMILES string of the molecule is CC/C=C\C/C=C\C/C=C\C/C=C\C/C=C\C/C=C\CCC(=O)O[C@H](COC(=O)CCC/C=C\C/C=C\C/C=C\C/C=C\CCC[C@@H](C)O)COP(=O)([O-])OCC[N+](C)(C)C. The molecule has 0 spiro atoms. The van der Waals surface area contributed by atoms with Gasteiger partial charge in [0.2, 0.25) is 0 Å². The van der Waals surface area contributed by atoms with Crippen LogP contribution in [-0.4, -0.2) is 81.2 Å². The molecule has 0 rings (SSSR count). The van der Waals surface area contributed by atoms with Crippen LogP contribution in [0.2, 0.25) is 0 Å². The molecular formula is C50H80NO9P. The van der Waals surface area contributed by atoms with Gasteiger partial charge >= 0.3 is 11.9 Å². The zero-order valence-electron chi connectivity index (χ0n) is 38.2. The molecule has 0 fully saturated rings. The minimum Gasteiger partial charge on any atom is -0.756 e. The number of phosphoric ester groups is 1. The number of carbonyl (C=O) groups excluding carboxylic acids is 2. The third-order valence-corrected chi connectivity index (χ3v) is 9.46. The van der Waals surface area contributed by atoms with E-state index in [1.54, 1.807) is 0 Å². The number of carbonyl (C=O) groups is 2. The first kappa shape index (κ1) is 57.4. The van der Waals surface area contributed by atoms with Crippen molar-refractivity contribution in [2.75, 3.05) is 47.5 Å². The molecule has 1 N–H and O–H groups in total. The molecule has 0 bridgehead atoms. The van der Waals surface area contributed by atoms with Crippen LogP contribution in [0.3, 0.4) is 0 Å². The predicted molar refractivity (Wildman–Crippen MR) is 250 cm³/mol. The third-order valence-electron chi connectivity index (χ3n) is 8.50. The minimum atomic E-state index is -4.68. The Morgan fingerprint density at radius 3 is 1.46 bits per heavy atom. The van der Waals surface area contributed by atoms with Gasteiger partial charge < -0.3 is 33.0 Å². The summed E-state index contributed by atoms with van der Waals surface area (Å²) in [5.74, 6) is -1.03. The third kappa shape index (κ3) is 45.7. The molecule has 0 aromatic heterocycles. The van der Waals surface area contributed by atoms with Crippen molar-refractivity contribution < 1.29 is 47.2 Å². The quantitative estimate of drug-likeness (QED) is 0.0212. The van der Waals surface area contributed by atoms with E-state index >= 15 is 0 Å². The number of unbranched alkanes of at least 4 members (excludes halogenated alkanes) is 2. The Labute approximate surface area is 370 Å². The number of hydrogen-bond acceptors (Lipinski definition) is 9. The number of aliphatic hydroxyl groups excluding tert-OH is 1. The number of likely N-dealkylation sites (N-methyl/N-ethyl adjacent to an activating group) is 1. The Morgan fingerprint density at radius 1 is 0.590 bits per heavy atom. The number of allylic oxidation sites excluding steroid dienone is 20. The molecule has 0 heterocycles. The maximum Gasteiger partial charge on any atom is 0.306 e. The van der Waals surface area contributed by atoms with Crippen molar-refractivity contribution in [3.8, 4) is 0 Å². The van der Waals surface area contributed by atoms with E-state index in [4.69, 9.17) is 18.5 Å². The summed E-state index contributed by atoms with van der Waals surface area (Å²) in [6.07, 6.45) is 53.8. The molecule has 0 saturated carbocycles. The average molecular weight is 870 g/mol. The van der Waals surface area contributed by atoms with E-state index in [0.717, 1.165) is 77.0 Å². The Hall–Kier alpha value is -3.63. The Kier molecular flexibility index (Phi) is 38.0. The first-order valence-corrected chi connectivity index (χ1v) is 23.7. The lowest BCUT2D eigenvalue weighted by molar-refractivity contribution is -0.870.